The minimum Gasteiger partial charge on any atom is -0.394 e. The van der Waals surface area contributed by atoms with E-state index >= 15 is 0 Å². The van der Waals surface area contributed by atoms with Crippen LogP contribution in [-0.2, 0) is 0 Å². The Morgan fingerprint density at radius 1 is 1.70 bits per heavy atom. The van der Waals surface area contributed by atoms with Crippen LogP contribution in [0.3, 0.4) is 0 Å². The molecule has 0 unspecified atom stereocenters. The van der Waals surface area contributed by atoms with Gasteiger partial charge in [0.1, 0.15) is 11.9 Å². The van der Waals surface area contributed by atoms with Crippen LogP contribution in [0.2, 0.25) is 0 Å². The Morgan fingerprint density at radius 2 is 2.40 bits per heavy atom. The zero-order chi connectivity index (χ0) is 7.56. The quantitative estimate of drug-likeness (QED) is 0.597. The van der Waals surface area contributed by atoms with E-state index in [2.05, 4.69) is 30.7 Å². The van der Waals surface area contributed by atoms with E-state index in [1.165, 1.54) is 0 Å². The molecule has 0 aliphatic rings. The van der Waals surface area contributed by atoms with Gasteiger partial charge in [-0.25, -0.2) is 0 Å². The van der Waals surface area contributed by atoms with Crippen LogP contribution in [0.1, 0.15) is 5.69 Å². The lowest BCUT2D eigenvalue weighted by atomic mass is 10.5. The van der Waals surface area contributed by atoms with Crippen molar-refractivity contribution in [2.45, 2.75) is 6.92 Å². The van der Waals surface area contributed by atoms with Gasteiger partial charge in [0, 0.05) is 0 Å². The average Bonchev–Trinajstić information content (AvgIpc) is 1.95. The maximum Gasteiger partial charge on any atom is 0.371 e. The van der Waals surface area contributed by atoms with Gasteiger partial charge in [-0.15, -0.1) is 6.57 Å². The molecule has 1 aromatic heterocycles. The summed E-state index contributed by atoms with van der Waals surface area (Å²) in [5, 5.41) is 0. The Labute approximate surface area is 67.1 Å². The van der Waals surface area contributed by atoms with E-state index in [-0.39, 0.29) is 5.95 Å². The van der Waals surface area contributed by atoms with E-state index < -0.39 is 0 Å². The average molecular weight is 198 g/mol. The first-order valence-corrected chi connectivity index (χ1v) is 3.40. The lowest BCUT2D eigenvalue weighted by Gasteiger charge is -1.90. The molecule has 0 aliphatic carbocycles. The maximum absolute atomic E-state index is 6.60. The zero-order valence-corrected chi connectivity index (χ0v) is 6.88. The van der Waals surface area contributed by atoms with Gasteiger partial charge in [-0.2, -0.15) is 9.97 Å². The number of rotatable bonds is 0. The Bertz CT molecular complexity index is 290. The molecule has 0 saturated carbocycles. The van der Waals surface area contributed by atoms with E-state index in [1.807, 2.05) is 6.92 Å². The van der Waals surface area contributed by atoms with Gasteiger partial charge in [0.15, 0.2) is 0 Å². The smallest absolute Gasteiger partial charge is 0.371 e. The third kappa shape index (κ3) is 1.31. The second-order valence-electron chi connectivity index (χ2n) is 1.72. The van der Waals surface area contributed by atoms with Gasteiger partial charge < -0.3 is 4.85 Å². The predicted molar refractivity (Wildman–Crippen MR) is 40.7 cm³/mol. The van der Waals surface area contributed by atoms with E-state index in [1.54, 1.807) is 6.20 Å². The highest BCUT2D eigenvalue weighted by Gasteiger charge is 2.00. The van der Waals surface area contributed by atoms with Crippen molar-refractivity contribution in [1.82, 2.24) is 9.97 Å². The minimum atomic E-state index is 0.195. The van der Waals surface area contributed by atoms with Crippen LogP contribution in [0.25, 0.3) is 4.85 Å². The Balaban J connectivity index is 3.20. The molecule has 0 saturated heterocycles. The van der Waals surface area contributed by atoms with Crippen LogP contribution in [0, 0.1) is 13.5 Å². The fraction of sp³-hybridized carbons (Fsp3) is 0.167. The molecule has 1 heterocycles. The largest absolute Gasteiger partial charge is 0.394 e. The molecule has 0 aliphatic heterocycles. The van der Waals surface area contributed by atoms with Crippen LogP contribution in [0.15, 0.2) is 10.7 Å². The van der Waals surface area contributed by atoms with Gasteiger partial charge >= 0.3 is 5.95 Å². The summed E-state index contributed by atoms with van der Waals surface area (Å²) in [6.45, 7) is 8.42. The molecule has 0 spiro atoms. The molecule has 4 heteroatoms. The summed E-state index contributed by atoms with van der Waals surface area (Å²) in [6.07, 6.45) is 1.58. The van der Waals surface area contributed by atoms with E-state index in [4.69, 9.17) is 6.57 Å². The number of aryl methyl sites for hydroxylation is 1. The van der Waals surface area contributed by atoms with Crippen LogP contribution in [0.4, 0.5) is 5.95 Å². The molecule has 50 valence electrons. The number of halogens is 1. The lowest BCUT2D eigenvalue weighted by Crippen LogP contribution is -1.84. The number of aromatic nitrogens is 2. The molecule has 0 N–H and O–H groups in total. The zero-order valence-electron chi connectivity index (χ0n) is 5.30. The molecule has 0 aromatic carbocycles. The molecule has 0 bridgehead atoms. The van der Waals surface area contributed by atoms with Gasteiger partial charge in [0.05, 0.1) is 4.47 Å². The molecule has 0 atom stereocenters. The lowest BCUT2D eigenvalue weighted by molar-refractivity contribution is 1.11. The summed E-state index contributed by atoms with van der Waals surface area (Å²) in [5.74, 6) is 0.195. The number of hydrogen-bond acceptors (Lipinski definition) is 2. The van der Waals surface area contributed by atoms with Crippen molar-refractivity contribution in [3.63, 3.8) is 0 Å². The first-order valence-electron chi connectivity index (χ1n) is 2.60. The van der Waals surface area contributed by atoms with E-state index in [9.17, 15) is 0 Å². The summed E-state index contributed by atoms with van der Waals surface area (Å²) in [6, 6.07) is 0. The minimum absolute atomic E-state index is 0.195. The molecule has 0 amide bonds. The molecule has 0 radical (unpaired) electrons. The standard InChI is InChI=1S/C6H4BrN3/c1-4-5(7)3-9-6(8-2)10-4/h3H,1H3. The SMILES string of the molecule is [C-]#[N+]c1ncc(Br)c(C)n1. The van der Waals surface area contributed by atoms with Crippen molar-refractivity contribution in [2.24, 2.45) is 0 Å². The van der Waals surface area contributed by atoms with Crippen molar-refractivity contribution < 1.29 is 0 Å². The van der Waals surface area contributed by atoms with Gasteiger partial charge in [-0.3, -0.25) is 0 Å². The summed E-state index contributed by atoms with van der Waals surface area (Å²) < 4.78 is 0.833. The van der Waals surface area contributed by atoms with Crippen molar-refractivity contribution in [2.75, 3.05) is 0 Å². The summed E-state index contributed by atoms with van der Waals surface area (Å²) in [7, 11) is 0. The normalized spacial score (nSPS) is 8.90. The summed E-state index contributed by atoms with van der Waals surface area (Å²) >= 11 is 3.23. The third-order valence-electron chi connectivity index (χ3n) is 1.01. The molecule has 1 aromatic rings. The molecular formula is C6H4BrN3. The second-order valence-corrected chi connectivity index (χ2v) is 2.57. The molecular weight excluding hydrogens is 194 g/mol. The second kappa shape index (κ2) is 2.76. The molecule has 10 heavy (non-hydrogen) atoms. The van der Waals surface area contributed by atoms with Gasteiger partial charge in [0.2, 0.25) is 0 Å². The Kier molecular flexibility index (Phi) is 1.97. The maximum atomic E-state index is 6.60. The van der Waals surface area contributed by atoms with Crippen LogP contribution >= 0.6 is 15.9 Å². The fourth-order valence-corrected chi connectivity index (χ4v) is 0.685. The van der Waals surface area contributed by atoms with E-state index in [0.29, 0.717) is 0 Å². The van der Waals surface area contributed by atoms with Crippen LogP contribution < -0.4 is 0 Å². The highest BCUT2D eigenvalue weighted by atomic mass is 79.9. The summed E-state index contributed by atoms with van der Waals surface area (Å²) in [4.78, 5) is 10.7. The monoisotopic (exact) mass is 197 g/mol. The third-order valence-corrected chi connectivity index (χ3v) is 1.79. The highest BCUT2D eigenvalue weighted by Crippen LogP contribution is 2.14. The van der Waals surface area contributed by atoms with E-state index in [0.717, 1.165) is 10.2 Å². The Hall–Kier alpha value is -0.950. The Morgan fingerprint density at radius 3 is 2.90 bits per heavy atom. The highest BCUT2D eigenvalue weighted by molar-refractivity contribution is 9.10. The fourth-order valence-electron chi connectivity index (χ4n) is 0.494. The van der Waals surface area contributed by atoms with Crippen LogP contribution in [-0.4, -0.2) is 9.97 Å². The molecule has 1 rings (SSSR count). The van der Waals surface area contributed by atoms with Gasteiger partial charge in [-0.1, -0.05) is 0 Å². The predicted octanol–water partition coefficient (Wildman–Crippen LogP) is 2.10. The van der Waals surface area contributed by atoms with Gasteiger partial charge in [0.25, 0.3) is 0 Å². The first kappa shape index (κ1) is 7.16. The van der Waals surface area contributed by atoms with Crippen molar-refractivity contribution >= 4 is 21.9 Å². The van der Waals surface area contributed by atoms with Crippen molar-refractivity contribution in [3.05, 3.63) is 27.8 Å². The van der Waals surface area contributed by atoms with Crippen LogP contribution in [0.5, 0.6) is 0 Å². The molecule has 3 nitrogen and oxygen atoms in total. The van der Waals surface area contributed by atoms with Gasteiger partial charge in [-0.05, 0) is 22.9 Å². The summed E-state index contributed by atoms with van der Waals surface area (Å²) in [5.41, 5.74) is 0.793. The first-order chi connectivity index (χ1) is 4.74. The number of nitrogens with zero attached hydrogens (tertiary/aromatic N) is 3. The molecule has 0 fully saturated rings. The van der Waals surface area contributed by atoms with Crippen molar-refractivity contribution in [1.29, 1.82) is 0 Å². The van der Waals surface area contributed by atoms with Crippen molar-refractivity contribution in [3.8, 4) is 0 Å². The number of hydrogen-bond donors (Lipinski definition) is 0. The topological polar surface area (TPSA) is 30.1 Å².